The molecular formula is C30H46O4. The maximum absolute atomic E-state index is 11.6. The van der Waals surface area contributed by atoms with Crippen LogP contribution in [0.3, 0.4) is 0 Å². The molecule has 0 amide bonds. The van der Waals surface area contributed by atoms with E-state index in [2.05, 4.69) is 59.8 Å². The summed E-state index contributed by atoms with van der Waals surface area (Å²) in [6.07, 6.45) is 15.8. The molecule has 0 unspecified atom stereocenters. The first-order chi connectivity index (χ1) is 16.0. The third-order valence-corrected chi connectivity index (χ3v) is 11.3. The lowest BCUT2D eigenvalue weighted by molar-refractivity contribution is -0.494. The second kappa shape index (κ2) is 8.20. The summed E-state index contributed by atoms with van der Waals surface area (Å²) < 4.78 is 5.64. The Morgan fingerprint density at radius 3 is 2.47 bits per heavy atom. The molecule has 0 aromatic rings. The standard InChI is InChI=1S/C30H46O4/c1-19(2)20(3)8-9-21(4)24-10-11-25-27(24,6)14-13-26-28(7)15-12-23(32-22(5)31)18-29(28)16-17-30(25,26)34-33-29/h8-9,13,19-21,23-25H,10-12,14-18H2,1-7H3/b9-8+/t20-,21+,23+,24-,25+,27+,28+,29+,30-/m0/s1. The number of carbonyl (C=O) groups is 1. The summed E-state index contributed by atoms with van der Waals surface area (Å²) >= 11 is 0. The van der Waals surface area contributed by atoms with Gasteiger partial charge in [0.1, 0.15) is 17.3 Å². The van der Waals surface area contributed by atoms with Crippen LogP contribution in [0.5, 0.6) is 0 Å². The molecule has 0 aromatic heterocycles. The highest BCUT2D eigenvalue weighted by molar-refractivity contribution is 5.66. The van der Waals surface area contributed by atoms with Crippen molar-refractivity contribution in [2.45, 2.75) is 117 Å². The minimum Gasteiger partial charge on any atom is -0.462 e. The molecule has 2 aliphatic heterocycles. The molecule has 2 bridgehead atoms. The van der Waals surface area contributed by atoms with Crippen LogP contribution < -0.4 is 0 Å². The summed E-state index contributed by atoms with van der Waals surface area (Å²) in [5.41, 5.74) is 1.08. The van der Waals surface area contributed by atoms with Crippen LogP contribution in [-0.4, -0.2) is 23.3 Å². The van der Waals surface area contributed by atoms with Crippen molar-refractivity contribution in [3.05, 3.63) is 23.8 Å². The Labute approximate surface area is 206 Å². The van der Waals surface area contributed by atoms with Gasteiger partial charge in [0.05, 0.1) is 0 Å². The second-order valence-corrected chi connectivity index (χ2v) is 13.3. The van der Waals surface area contributed by atoms with Crippen LogP contribution in [-0.2, 0) is 19.3 Å². The lowest BCUT2D eigenvalue weighted by atomic mass is 9.44. The van der Waals surface area contributed by atoms with Crippen molar-refractivity contribution < 1.29 is 19.3 Å². The molecule has 4 heteroatoms. The maximum atomic E-state index is 11.6. The summed E-state index contributed by atoms with van der Waals surface area (Å²) in [6, 6.07) is 0. The van der Waals surface area contributed by atoms with E-state index in [-0.39, 0.29) is 34.1 Å². The highest BCUT2D eigenvalue weighted by atomic mass is 17.2. The molecule has 9 atom stereocenters. The fraction of sp³-hybridized carbons (Fsp3) is 0.833. The zero-order chi connectivity index (χ0) is 24.5. The van der Waals surface area contributed by atoms with Crippen LogP contribution in [0.4, 0.5) is 0 Å². The van der Waals surface area contributed by atoms with E-state index < -0.39 is 0 Å². The summed E-state index contributed by atoms with van der Waals surface area (Å²) in [5, 5.41) is 0. The van der Waals surface area contributed by atoms with Gasteiger partial charge in [-0.25, -0.2) is 9.78 Å². The third kappa shape index (κ3) is 3.34. The molecule has 190 valence electrons. The average Bonchev–Trinajstić information content (AvgIpc) is 3.14. The molecule has 4 aliphatic carbocycles. The van der Waals surface area contributed by atoms with Crippen LogP contribution in [0.25, 0.3) is 0 Å². The SMILES string of the molecule is CC(=O)O[C@@H]1CC[C@]2(C)C3=CC[C@@]4(C)[C@@H](CC[C@H]4[C@H](C)/C=C/[C@H](C)C(C)C)[C@@]34CC[C@]2(C1)OO4. The highest BCUT2D eigenvalue weighted by Crippen LogP contribution is 2.73. The van der Waals surface area contributed by atoms with Crippen molar-refractivity contribution in [2.24, 2.45) is 40.4 Å². The minimum atomic E-state index is -0.367. The van der Waals surface area contributed by atoms with Gasteiger partial charge in [-0.2, -0.15) is 0 Å². The minimum absolute atomic E-state index is 0.0300. The van der Waals surface area contributed by atoms with Crippen molar-refractivity contribution in [3.63, 3.8) is 0 Å². The van der Waals surface area contributed by atoms with Gasteiger partial charge >= 0.3 is 5.97 Å². The molecule has 3 saturated carbocycles. The van der Waals surface area contributed by atoms with Crippen LogP contribution >= 0.6 is 0 Å². The first-order valence-corrected chi connectivity index (χ1v) is 13.9. The molecule has 2 spiro atoms. The number of fused-ring (bicyclic) bond motifs is 3. The van der Waals surface area contributed by atoms with E-state index in [1.54, 1.807) is 0 Å². The quantitative estimate of drug-likeness (QED) is 0.242. The molecule has 4 nitrogen and oxygen atoms in total. The van der Waals surface area contributed by atoms with E-state index >= 15 is 0 Å². The Balaban J connectivity index is 1.43. The van der Waals surface area contributed by atoms with Crippen LogP contribution in [0.1, 0.15) is 99.8 Å². The number of rotatable bonds is 5. The molecule has 2 heterocycles. The molecule has 0 aromatic carbocycles. The van der Waals surface area contributed by atoms with Crippen molar-refractivity contribution in [2.75, 3.05) is 0 Å². The lowest BCUT2D eigenvalue weighted by Gasteiger charge is -2.69. The van der Waals surface area contributed by atoms with Crippen LogP contribution in [0.15, 0.2) is 23.8 Å². The Morgan fingerprint density at radius 2 is 1.82 bits per heavy atom. The fourth-order valence-corrected chi connectivity index (χ4v) is 8.90. The zero-order valence-corrected chi connectivity index (χ0v) is 22.5. The molecule has 2 saturated heterocycles. The van der Waals surface area contributed by atoms with E-state index in [1.165, 1.54) is 25.3 Å². The molecule has 34 heavy (non-hydrogen) atoms. The number of allylic oxidation sites excluding steroid dienone is 3. The predicted molar refractivity (Wildman–Crippen MR) is 134 cm³/mol. The monoisotopic (exact) mass is 470 g/mol. The Bertz CT molecular complexity index is 878. The van der Waals surface area contributed by atoms with Crippen LogP contribution in [0.2, 0.25) is 0 Å². The van der Waals surface area contributed by atoms with Gasteiger partial charge in [0.25, 0.3) is 0 Å². The summed E-state index contributed by atoms with van der Waals surface area (Å²) in [7, 11) is 0. The Kier molecular flexibility index (Phi) is 5.92. The summed E-state index contributed by atoms with van der Waals surface area (Å²) in [5.74, 6) is 2.86. The van der Waals surface area contributed by atoms with Crippen LogP contribution in [0, 0.1) is 40.4 Å². The molecule has 5 fully saturated rings. The third-order valence-electron chi connectivity index (χ3n) is 11.3. The van der Waals surface area contributed by atoms with Gasteiger partial charge in [-0.1, -0.05) is 59.8 Å². The first kappa shape index (κ1) is 24.6. The largest absolute Gasteiger partial charge is 0.462 e. The normalized spacial score (nSPS) is 47.1. The van der Waals surface area contributed by atoms with Gasteiger partial charge in [-0.15, -0.1) is 0 Å². The van der Waals surface area contributed by atoms with E-state index in [1.807, 2.05) is 0 Å². The van der Waals surface area contributed by atoms with Crippen molar-refractivity contribution in [1.29, 1.82) is 0 Å². The molecule has 0 radical (unpaired) electrons. The fourth-order valence-electron chi connectivity index (χ4n) is 8.90. The lowest BCUT2D eigenvalue weighted by Crippen LogP contribution is -2.71. The number of ether oxygens (including phenoxy) is 1. The summed E-state index contributed by atoms with van der Waals surface area (Å²) in [4.78, 5) is 24.6. The van der Waals surface area contributed by atoms with E-state index in [4.69, 9.17) is 14.5 Å². The molecule has 6 aliphatic rings. The van der Waals surface area contributed by atoms with Crippen molar-refractivity contribution >= 4 is 5.97 Å². The maximum Gasteiger partial charge on any atom is 0.302 e. The van der Waals surface area contributed by atoms with Gasteiger partial charge in [-0.3, -0.25) is 4.79 Å². The number of carbonyl (C=O) groups excluding carboxylic acids is 1. The molecular weight excluding hydrogens is 424 g/mol. The Hall–Kier alpha value is -1.13. The predicted octanol–water partition coefficient (Wildman–Crippen LogP) is 7.19. The van der Waals surface area contributed by atoms with Gasteiger partial charge in [-0.05, 0) is 79.6 Å². The van der Waals surface area contributed by atoms with Crippen molar-refractivity contribution in [1.82, 2.24) is 0 Å². The number of esters is 1. The van der Waals surface area contributed by atoms with Crippen molar-refractivity contribution in [3.8, 4) is 0 Å². The topological polar surface area (TPSA) is 44.8 Å². The zero-order valence-electron chi connectivity index (χ0n) is 22.5. The Morgan fingerprint density at radius 1 is 1.06 bits per heavy atom. The van der Waals surface area contributed by atoms with E-state index in [0.717, 1.165) is 38.5 Å². The number of hydrogen-bond donors (Lipinski definition) is 0. The molecule has 0 N–H and O–H groups in total. The smallest absolute Gasteiger partial charge is 0.302 e. The van der Waals surface area contributed by atoms with Gasteiger partial charge in [0, 0.05) is 24.7 Å². The summed E-state index contributed by atoms with van der Waals surface area (Å²) in [6.45, 7) is 15.8. The van der Waals surface area contributed by atoms with E-state index in [9.17, 15) is 4.79 Å². The number of hydrogen-bond acceptors (Lipinski definition) is 4. The van der Waals surface area contributed by atoms with E-state index in [0.29, 0.717) is 29.6 Å². The average molecular weight is 471 g/mol. The molecule has 6 rings (SSSR count). The van der Waals surface area contributed by atoms with Gasteiger partial charge in [0.15, 0.2) is 0 Å². The van der Waals surface area contributed by atoms with Gasteiger partial charge in [0.2, 0.25) is 0 Å². The second-order valence-electron chi connectivity index (χ2n) is 13.3. The first-order valence-electron chi connectivity index (χ1n) is 13.9. The van der Waals surface area contributed by atoms with Gasteiger partial charge < -0.3 is 4.74 Å². The highest BCUT2D eigenvalue weighted by Gasteiger charge is 2.73.